The summed E-state index contributed by atoms with van der Waals surface area (Å²) in [5.74, 6) is 0.571. The summed E-state index contributed by atoms with van der Waals surface area (Å²) in [6.07, 6.45) is 11.2. The summed E-state index contributed by atoms with van der Waals surface area (Å²) in [6.45, 7) is 3.26. The Morgan fingerprint density at radius 1 is 1.32 bits per heavy atom. The Morgan fingerprint density at radius 2 is 2.16 bits per heavy atom. The lowest BCUT2D eigenvalue weighted by Crippen LogP contribution is -2.47. The molecule has 3 atom stereocenters. The third-order valence-electron chi connectivity index (χ3n) is 6.16. The number of hydrogen-bond donors (Lipinski definition) is 1. The van der Waals surface area contributed by atoms with E-state index in [1.54, 1.807) is 0 Å². The van der Waals surface area contributed by atoms with Gasteiger partial charge in [0.15, 0.2) is 0 Å². The number of nitrogens with zero attached hydrogens (tertiary/aromatic N) is 3. The molecule has 138 valence electrons. The van der Waals surface area contributed by atoms with Crippen LogP contribution >= 0.6 is 0 Å². The Hall–Kier alpha value is -1.40. The van der Waals surface area contributed by atoms with Crippen molar-refractivity contribution in [3.63, 3.8) is 0 Å². The first-order valence-corrected chi connectivity index (χ1v) is 9.83. The molecule has 1 aliphatic carbocycles. The number of rotatable bonds is 5. The van der Waals surface area contributed by atoms with Gasteiger partial charge in [-0.25, -0.2) is 0 Å². The minimum atomic E-state index is 0.0196. The lowest BCUT2D eigenvalue weighted by Gasteiger charge is -2.34. The number of amides is 1. The fourth-order valence-electron chi connectivity index (χ4n) is 4.78. The number of carbonyl (C=O) groups is 1. The fourth-order valence-corrected chi connectivity index (χ4v) is 4.78. The van der Waals surface area contributed by atoms with Gasteiger partial charge in [-0.1, -0.05) is 12.8 Å². The van der Waals surface area contributed by atoms with Crippen LogP contribution in [0.25, 0.3) is 0 Å². The van der Waals surface area contributed by atoms with E-state index in [2.05, 4.69) is 21.5 Å². The molecule has 25 heavy (non-hydrogen) atoms. The van der Waals surface area contributed by atoms with E-state index in [-0.39, 0.29) is 17.9 Å². The molecule has 1 aromatic heterocycles. The van der Waals surface area contributed by atoms with Crippen LogP contribution in [0.5, 0.6) is 0 Å². The summed E-state index contributed by atoms with van der Waals surface area (Å²) >= 11 is 0. The number of ether oxygens (including phenoxy) is 1. The van der Waals surface area contributed by atoms with Crippen LogP contribution in [-0.4, -0.2) is 59.0 Å². The van der Waals surface area contributed by atoms with Gasteiger partial charge >= 0.3 is 0 Å². The fraction of sp³-hybridized carbons (Fsp3) is 0.789. The molecule has 1 aromatic rings. The third-order valence-corrected chi connectivity index (χ3v) is 6.16. The molecule has 4 rings (SSSR count). The molecule has 1 unspecified atom stereocenters. The first kappa shape index (κ1) is 17.0. The molecule has 1 amide bonds. The number of aryl methyl sites for hydroxylation is 1. The minimum absolute atomic E-state index is 0.0196. The lowest BCUT2D eigenvalue weighted by molar-refractivity contribution is -0.139. The van der Waals surface area contributed by atoms with E-state index < -0.39 is 0 Å². The summed E-state index contributed by atoms with van der Waals surface area (Å²) < 4.78 is 7.68. The van der Waals surface area contributed by atoms with E-state index in [0.717, 1.165) is 51.9 Å². The van der Waals surface area contributed by atoms with E-state index in [9.17, 15) is 4.79 Å². The zero-order valence-electron chi connectivity index (χ0n) is 15.2. The van der Waals surface area contributed by atoms with Crippen molar-refractivity contribution in [1.29, 1.82) is 0 Å². The van der Waals surface area contributed by atoms with Crippen molar-refractivity contribution in [3.05, 3.63) is 18.0 Å². The molecule has 0 spiro atoms. The summed E-state index contributed by atoms with van der Waals surface area (Å²) in [5.41, 5.74) is 1.18. The van der Waals surface area contributed by atoms with Crippen LogP contribution in [0.1, 0.15) is 50.0 Å². The molecule has 1 saturated carbocycles. The minimum Gasteiger partial charge on any atom is -0.376 e. The van der Waals surface area contributed by atoms with Gasteiger partial charge in [-0.2, -0.15) is 5.10 Å². The second kappa shape index (κ2) is 7.46. The first-order valence-electron chi connectivity index (χ1n) is 9.83. The second-order valence-corrected chi connectivity index (χ2v) is 7.88. The largest absolute Gasteiger partial charge is 0.376 e. The average Bonchev–Trinajstić information content (AvgIpc) is 3.39. The van der Waals surface area contributed by atoms with Crippen LogP contribution in [-0.2, 0) is 16.6 Å². The summed E-state index contributed by atoms with van der Waals surface area (Å²) in [5, 5.41) is 7.74. The zero-order chi connectivity index (χ0) is 17.2. The van der Waals surface area contributed by atoms with E-state index in [1.165, 1.54) is 18.4 Å². The molecule has 1 N–H and O–H groups in total. The Balaban J connectivity index is 1.51. The second-order valence-electron chi connectivity index (χ2n) is 7.88. The van der Waals surface area contributed by atoms with Crippen LogP contribution in [0.2, 0.25) is 0 Å². The van der Waals surface area contributed by atoms with Gasteiger partial charge in [0.05, 0.1) is 18.2 Å². The van der Waals surface area contributed by atoms with Gasteiger partial charge in [0, 0.05) is 51.4 Å². The molecule has 2 aliphatic heterocycles. The van der Waals surface area contributed by atoms with Crippen LogP contribution < -0.4 is 5.32 Å². The van der Waals surface area contributed by atoms with Crippen molar-refractivity contribution in [2.45, 2.75) is 56.6 Å². The molecule has 2 saturated heterocycles. The van der Waals surface area contributed by atoms with E-state index in [4.69, 9.17) is 4.74 Å². The molecule has 0 bridgehead atoms. The zero-order valence-corrected chi connectivity index (χ0v) is 15.2. The average molecular weight is 346 g/mol. The van der Waals surface area contributed by atoms with E-state index >= 15 is 0 Å². The monoisotopic (exact) mass is 346 g/mol. The van der Waals surface area contributed by atoms with Crippen molar-refractivity contribution in [3.8, 4) is 0 Å². The summed E-state index contributed by atoms with van der Waals surface area (Å²) in [6, 6.07) is 0.409. The van der Waals surface area contributed by atoms with Gasteiger partial charge in [0.1, 0.15) is 0 Å². The van der Waals surface area contributed by atoms with Crippen molar-refractivity contribution < 1.29 is 9.53 Å². The van der Waals surface area contributed by atoms with Gasteiger partial charge in [-0.15, -0.1) is 0 Å². The van der Waals surface area contributed by atoms with Crippen LogP contribution in [0.3, 0.4) is 0 Å². The molecule has 3 fully saturated rings. The summed E-state index contributed by atoms with van der Waals surface area (Å²) in [4.78, 5) is 15.7. The SMILES string of the molecule is Cn1cc([C@H]2CNC[C@@H]2C(=O)N(CC2CCCO2)C2CCCC2)cn1. The van der Waals surface area contributed by atoms with Crippen LogP contribution in [0.4, 0.5) is 0 Å². The Morgan fingerprint density at radius 3 is 2.84 bits per heavy atom. The number of nitrogens with one attached hydrogen (secondary N) is 1. The quantitative estimate of drug-likeness (QED) is 0.881. The molecule has 3 aliphatic rings. The number of carbonyl (C=O) groups excluding carboxylic acids is 1. The Bertz CT molecular complexity index is 590. The van der Waals surface area contributed by atoms with Crippen molar-refractivity contribution in [2.24, 2.45) is 13.0 Å². The molecular weight excluding hydrogens is 316 g/mol. The maximum absolute atomic E-state index is 13.5. The van der Waals surface area contributed by atoms with Crippen molar-refractivity contribution in [1.82, 2.24) is 20.0 Å². The van der Waals surface area contributed by atoms with Crippen LogP contribution in [0.15, 0.2) is 12.4 Å². The third kappa shape index (κ3) is 3.60. The maximum Gasteiger partial charge on any atom is 0.227 e. The van der Waals surface area contributed by atoms with E-state index in [0.29, 0.717) is 11.9 Å². The van der Waals surface area contributed by atoms with Crippen LogP contribution in [0, 0.1) is 5.92 Å². The van der Waals surface area contributed by atoms with Gasteiger partial charge in [0.25, 0.3) is 0 Å². The molecule has 6 heteroatoms. The maximum atomic E-state index is 13.5. The number of hydrogen-bond acceptors (Lipinski definition) is 4. The Kier molecular flexibility index (Phi) is 5.08. The standard InChI is InChI=1S/C19H30N4O2/c1-22-12-14(9-21-22)17-10-20-11-18(17)19(24)23(15-5-2-3-6-15)13-16-7-4-8-25-16/h9,12,15-18,20H,2-8,10-11,13H2,1H3/t16?,17-,18+/m1/s1. The predicted octanol–water partition coefficient (Wildman–Crippen LogP) is 1.67. The normalized spacial score (nSPS) is 30.2. The van der Waals surface area contributed by atoms with Gasteiger partial charge in [0.2, 0.25) is 5.91 Å². The highest BCUT2D eigenvalue weighted by molar-refractivity contribution is 5.81. The highest BCUT2D eigenvalue weighted by Gasteiger charge is 2.40. The van der Waals surface area contributed by atoms with Gasteiger partial charge < -0.3 is 15.0 Å². The lowest BCUT2D eigenvalue weighted by atomic mass is 9.89. The molecule has 6 nitrogen and oxygen atoms in total. The molecule has 0 aromatic carbocycles. The first-order chi connectivity index (χ1) is 12.2. The van der Waals surface area contributed by atoms with Gasteiger partial charge in [-0.05, 0) is 31.2 Å². The van der Waals surface area contributed by atoms with E-state index in [1.807, 2.05) is 17.9 Å². The molecule has 3 heterocycles. The van der Waals surface area contributed by atoms with Crippen molar-refractivity contribution in [2.75, 3.05) is 26.2 Å². The van der Waals surface area contributed by atoms with Gasteiger partial charge in [-0.3, -0.25) is 9.48 Å². The van der Waals surface area contributed by atoms with Crippen molar-refractivity contribution >= 4 is 5.91 Å². The smallest absolute Gasteiger partial charge is 0.227 e. The molecule has 0 radical (unpaired) electrons. The Labute approximate surface area is 149 Å². The molecular formula is C19H30N4O2. The highest BCUT2D eigenvalue weighted by Crippen LogP contribution is 2.33. The highest BCUT2D eigenvalue weighted by atomic mass is 16.5. The number of aromatic nitrogens is 2. The predicted molar refractivity (Wildman–Crippen MR) is 95.3 cm³/mol. The summed E-state index contributed by atoms with van der Waals surface area (Å²) in [7, 11) is 1.94. The topological polar surface area (TPSA) is 59.4 Å².